The Morgan fingerprint density at radius 2 is 1.86 bits per heavy atom. The molecule has 0 N–H and O–H groups in total. The van der Waals surface area contributed by atoms with Gasteiger partial charge in [0.1, 0.15) is 0 Å². The first-order chi connectivity index (χ1) is 3.39. The normalized spacial score (nSPS) is 25.3. The van der Waals surface area contributed by atoms with E-state index in [2.05, 4.69) is 0 Å². The molecule has 7 heavy (non-hydrogen) atoms. The Morgan fingerprint density at radius 1 is 1.29 bits per heavy atom. The number of hydrogen-bond donors (Lipinski definition) is 0. The second-order valence-electron chi connectivity index (χ2n) is 1.54. The molecular formula is C5H9O2. The number of ether oxygens (including phenoxy) is 2. The Morgan fingerprint density at radius 3 is 2.14 bits per heavy atom. The SMILES string of the molecule is C[C]1OCCCO1. The molecule has 1 heterocycles. The van der Waals surface area contributed by atoms with Gasteiger partial charge in [0.05, 0.1) is 13.2 Å². The maximum absolute atomic E-state index is 4.97. The maximum Gasteiger partial charge on any atom is 0.220 e. The fourth-order valence-corrected chi connectivity index (χ4v) is 0.532. The lowest BCUT2D eigenvalue weighted by Gasteiger charge is -2.16. The highest BCUT2D eigenvalue weighted by Crippen LogP contribution is 2.08. The molecule has 2 heteroatoms. The van der Waals surface area contributed by atoms with E-state index in [1.54, 1.807) is 0 Å². The molecule has 0 aromatic rings. The summed E-state index contributed by atoms with van der Waals surface area (Å²) in [6.45, 7) is 3.48. The summed E-state index contributed by atoms with van der Waals surface area (Å²) in [5.41, 5.74) is 0. The summed E-state index contributed by atoms with van der Waals surface area (Å²) >= 11 is 0. The van der Waals surface area contributed by atoms with E-state index in [-0.39, 0.29) is 0 Å². The smallest absolute Gasteiger partial charge is 0.220 e. The fourth-order valence-electron chi connectivity index (χ4n) is 0.532. The first-order valence-corrected chi connectivity index (χ1v) is 2.49. The van der Waals surface area contributed by atoms with E-state index in [0.29, 0.717) is 6.29 Å². The van der Waals surface area contributed by atoms with Gasteiger partial charge >= 0.3 is 0 Å². The zero-order valence-electron chi connectivity index (χ0n) is 4.44. The second kappa shape index (κ2) is 2.28. The van der Waals surface area contributed by atoms with Crippen molar-refractivity contribution in [3.63, 3.8) is 0 Å². The molecule has 1 fully saturated rings. The Bertz CT molecular complexity index is 48.0. The average molecular weight is 101 g/mol. The average Bonchev–Trinajstić information content (AvgIpc) is 1.69. The topological polar surface area (TPSA) is 18.5 Å². The minimum atomic E-state index is 0.714. The highest BCUT2D eigenvalue weighted by molar-refractivity contribution is 4.58. The molecule has 2 nitrogen and oxygen atoms in total. The van der Waals surface area contributed by atoms with Crippen LogP contribution in [0.5, 0.6) is 0 Å². The van der Waals surface area contributed by atoms with Crippen molar-refractivity contribution in [1.29, 1.82) is 0 Å². The monoisotopic (exact) mass is 101 g/mol. The molecule has 0 aromatic carbocycles. The molecular weight excluding hydrogens is 92.1 g/mol. The van der Waals surface area contributed by atoms with Crippen molar-refractivity contribution in [3.05, 3.63) is 6.29 Å². The van der Waals surface area contributed by atoms with Gasteiger partial charge in [-0.05, 0) is 13.3 Å². The minimum Gasteiger partial charge on any atom is -0.345 e. The lowest BCUT2D eigenvalue weighted by atomic mass is 10.4. The third-order valence-electron chi connectivity index (χ3n) is 0.899. The standard InChI is InChI=1S/C5H9O2/c1-5-6-3-2-4-7-5/h2-4H2,1H3. The Hall–Kier alpha value is -0.0800. The molecule has 0 aliphatic carbocycles. The highest BCUT2D eigenvalue weighted by atomic mass is 16.7. The summed E-state index contributed by atoms with van der Waals surface area (Å²) < 4.78 is 9.94. The van der Waals surface area contributed by atoms with E-state index in [9.17, 15) is 0 Å². The van der Waals surface area contributed by atoms with Crippen molar-refractivity contribution in [2.45, 2.75) is 13.3 Å². The van der Waals surface area contributed by atoms with Crippen molar-refractivity contribution >= 4 is 0 Å². The Balaban J connectivity index is 2.12. The van der Waals surface area contributed by atoms with Crippen molar-refractivity contribution in [3.8, 4) is 0 Å². The molecule has 1 radical (unpaired) electrons. The third-order valence-corrected chi connectivity index (χ3v) is 0.899. The van der Waals surface area contributed by atoms with Crippen LogP contribution >= 0.6 is 0 Å². The molecule has 0 bridgehead atoms. The maximum atomic E-state index is 4.97. The van der Waals surface area contributed by atoms with Crippen LogP contribution in [-0.2, 0) is 9.47 Å². The summed E-state index contributed by atoms with van der Waals surface area (Å²) in [6.07, 6.45) is 1.74. The van der Waals surface area contributed by atoms with Crippen molar-refractivity contribution in [2.75, 3.05) is 13.2 Å². The molecule has 41 valence electrons. The largest absolute Gasteiger partial charge is 0.345 e. The summed E-state index contributed by atoms with van der Waals surface area (Å²) in [5.74, 6) is 0. The zero-order chi connectivity index (χ0) is 5.11. The summed E-state index contributed by atoms with van der Waals surface area (Å²) in [4.78, 5) is 0. The van der Waals surface area contributed by atoms with Crippen molar-refractivity contribution in [2.24, 2.45) is 0 Å². The first kappa shape index (κ1) is 5.06. The second-order valence-corrected chi connectivity index (χ2v) is 1.54. The Labute approximate surface area is 43.4 Å². The molecule has 1 aliphatic rings. The summed E-state index contributed by atoms with van der Waals surface area (Å²) in [5, 5.41) is 0. The predicted molar refractivity (Wildman–Crippen MR) is 25.4 cm³/mol. The van der Waals surface area contributed by atoms with E-state index < -0.39 is 0 Å². The van der Waals surface area contributed by atoms with E-state index >= 15 is 0 Å². The van der Waals surface area contributed by atoms with Gasteiger partial charge in [-0.2, -0.15) is 0 Å². The van der Waals surface area contributed by atoms with Gasteiger partial charge in [0.25, 0.3) is 0 Å². The van der Waals surface area contributed by atoms with Crippen LogP contribution in [0.15, 0.2) is 0 Å². The van der Waals surface area contributed by atoms with Gasteiger partial charge in [0.15, 0.2) is 0 Å². The van der Waals surface area contributed by atoms with Crippen LogP contribution in [0.1, 0.15) is 13.3 Å². The van der Waals surface area contributed by atoms with Gasteiger partial charge < -0.3 is 9.47 Å². The number of hydrogen-bond acceptors (Lipinski definition) is 2. The minimum absolute atomic E-state index is 0.714. The van der Waals surface area contributed by atoms with Crippen LogP contribution in [0.25, 0.3) is 0 Å². The third kappa shape index (κ3) is 1.45. The van der Waals surface area contributed by atoms with E-state index in [1.165, 1.54) is 0 Å². The van der Waals surface area contributed by atoms with E-state index in [0.717, 1.165) is 19.6 Å². The quantitative estimate of drug-likeness (QED) is 0.452. The summed E-state index contributed by atoms with van der Waals surface area (Å²) in [6, 6.07) is 0. The molecule has 0 atom stereocenters. The fraction of sp³-hybridized carbons (Fsp3) is 0.800. The molecule has 1 rings (SSSR count). The molecule has 0 spiro atoms. The van der Waals surface area contributed by atoms with Crippen LogP contribution in [0, 0.1) is 6.29 Å². The van der Waals surface area contributed by atoms with Crippen LogP contribution in [0.2, 0.25) is 0 Å². The van der Waals surface area contributed by atoms with Crippen LogP contribution in [0.3, 0.4) is 0 Å². The lowest BCUT2D eigenvalue weighted by molar-refractivity contribution is -0.0801. The summed E-state index contributed by atoms with van der Waals surface area (Å²) in [7, 11) is 0. The van der Waals surface area contributed by atoms with Gasteiger partial charge in [-0.3, -0.25) is 0 Å². The van der Waals surface area contributed by atoms with Crippen LogP contribution < -0.4 is 0 Å². The zero-order valence-corrected chi connectivity index (χ0v) is 4.44. The van der Waals surface area contributed by atoms with Gasteiger partial charge in [-0.15, -0.1) is 0 Å². The van der Waals surface area contributed by atoms with Crippen molar-refractivity contribution in [1.82, 2.24) is 0 Å². The highest BCUT2D eigenvalue weighted by Gasteiger charge is 2.07. The van der Waals surface area contributed by atoms with Gasteiger partial charge in [0, 0.05) is 0 Å². The molecule has 0 saturated carbocycles. The van der Waals surface area contributed by atoms with E-state index in [1.807, 2.05) is 6.92 Å². The van der Waals surface area contributed by atoms with Crippen LogP contribution in [0.4, 0.5) is 0 Å². The first-order valence-electron chi connectivity index (χ1n) is 2.49. The Kier molecular flexibility index (Phi) is 1.65. The van der Waals surface area contributed by atoms with Gasteiger partial charge in [-0.1, -0.05) is 0 Å². The molecule has 1 saturated heterocycles. The van der Waals surface area contributed by atoms with Gasteiger partial charge in [0.2, 0.25) is 6.29 Å². The predicted octanol–water partition coefficient (Wildman–Crippen LogP) is 0.933. The lowest BCUT2D eigenvalue weighted by Crippen LogP contribution is -2.14. The molecule has 1 aliphatic heterocycles. The van der Waals surface area contributed by atoms with Gasteiger partial charge in [-0.25, -0.2) is 0 Å². The molecule has 0 unspecified atom stereocenters. The molecule has 0 amide bonds. The van der Waals surface area contributed by atoms with Crippen molar-refractivity contribution < 1.29 is 9.47 Å². The number of rotatable bonds is 0. The van der Waals surface area contributed by atoms with E-state index in [4.69, 9.17) is 9.47 Å². The molecule has 0 aromatic heterocycles. The van der Waals surface area contributed by atoms with Crippen LogP contribution in [-0.4, -0.2) is 13.2 Å².